The van der Waals surface area contributed by atoms with Crippen molar-refractivity contribution >= 4 is 5.91 Å². The van der Waals surface area contributed by atoms with Gasteiger partial charge in [-0.1, -0.05) is 24.3 Å². The minimum Gasteiger partial charge on any atom is -0.390 e. The maximum absolute atomic E-state index is 12.6. The highest BCUT2D eigenvalue weighted by atomic mass is 16.3. The molecule has 1 aromatic carbocycles. The summed E-state index contributed by atoms with van der Waals surface area (Å²) in [5.41, 5.74) is 2.68. The molecule has 2 N–H and O–H groups in total. The lowest BCUT2D eigenvalue weighted by Crippen LogP contribution is -2.47. The molecule has 20 heavy (non-hydrogen) atoms. The SMILES string of the molecule is CN(C(=O)C1CCc2ccccc2C1)[C@@H]1CNC[C@H]1O. The van der Waals surface area contributed by atoms with Crippen LogP contribution in [0.1, 0.15) is 17.5 Å². The molecule has 4 heteroatoms. The van der Waals surface area contributed by atoms with Crippen molar-refractivity contribution in [2.45, 2.75) is 31.4 Å². The van der Waals surface area contributed by atoms with E-state index in [9.17, 15) is 9.90 Å². The number of aliphatic hydroxyl groups is 1. The van der Waals surface area contributed by atoms with Crippen LogP contribution in [-0.2, 0) is 17.6 Å². The minimum atomic E-state index is -0.445. The zero-order valence-corrected chi connectivity index (χ0v) is 11.9. The Morgan fingerprint density at radius 1 is 1.30 bits per heavy atom. The Morgan fingerprint density at radius 2 is 2.05 bits per heavy atom. The van der Waals surface area contributed by atoms with Gasteiger partial charge in [0.2, 0.25) is 5.91 Å². The van der Waals surface area contributed by atoms with Gasteiger partial charge in [-0.3, -0.25) is 4.79 Å². The average Bonchev–Trinajstić information content (AvgIpc) is 2.91. The van der Waals surface area contributed by atoms with Gasteiger partial charge in [0.25, 0.3) is 0 Å². The van der Waals surface area contributed by atoms with Crippen LogP contribution in [-0.4, -0.2) is 48.2 Å². The number of β-amino-alcohol motifs (C(OH)–C–C–N with tert-alkyl or cyclic N) is 1. The van der Waals surface area contributed by atoms with E-state index in [1.54, 1.807) is 4.90 Å². The van der Waals surface area contributed by atoms with E-state index >= 15 is 0 Å². The lowest BCUT2D eigenvalue weighted by molar-refractivity contribution is -0.138. The summed E-state index contributed by atoms with van der Waals surface area (Å²) in [6.45, 7) is 1.27. The number of aryl methyl sites for hydroxylation is 1. The van der Waals surface area contributed by atoms with E-state index in [0.29, 0.717) is 13.1 Å². The maximum atomic E-state index is 12.6. The first-order chi connectivity index (χ1) is 9.66. The van der Waals surface area contributed by atoms with E-state index in [1.807, 2.05) is 13.1 Å². The van der Waals surface area contributed by atoms with Gasteiger partial charge in [0.15, 0.2) is 0 Å². The molecule has 4 nitrogen and oxygen atoms in total. The molecule has 1 saturated heterocycles. The highest BCUT2D eigenvalue weighted by Gasteiger charge is 2.35. The molecule has 1 amide bonds. The van der Waals surface area contributed by atoms with Crippen LogP contribution in [0.5, 0.6) is 0 Å². The zero-order chi connectivity index (χ0) is 14.1. The van der Waals surface area contributed by atoms with Gasteiger partial charge < -0.3 is 15.3 Å². The number of rotatable bonds is 2. The summed E-state index contributed by atoms with van der Waals surface area (Å²) >= 11 is 0. The van der Waals surface area contributed by atoms with Gasteiger partial charge in [-0.2, -0.15) is 0 Å². The van der Waals surface area contributed by atoms with Gasteiger partial charge in [-0.05, 0) is 30.4 Å². The fourth-order valence-electron chi connectivity index (χ4n) is 3.41. The number of hydrogen-bond acceptors (Lipinski definition) is 3. The number of amides is 1. The van der Waals surface area contributed by atoms with E-state index in [-0.39, 0.29) is 17.9 Å². The summed E-state index contributed by atoms with van der Waals surface area (Å²) in [4.78, 5) is 14.4. The van der Waals surface area contributed by atoms with Crippen LogP contribution < -0.4 is 5.32 Å². The number of fused-ring (bicyclic) bond motifs is 1. The first-order valence-corrected chi connectivity index (χ1v) is 7.39. The van der Waals surface area contributed by atoms with Gasteiger partial charge in [-0.15, -0.1) is 0 Å². The molecule has 1 aliphatic carbocycles. The van der Waals surface area contributed by atoms with Crippen molar-refractivity contribution in [3.63, 3.8) is 0 Å². The van der Waals surface area contributed by atoms with Gasteiger partial charge in [-0.25, -0.2) is 0 Å². The summed E-state index contributed by atoms with van der Waals surface area (Å²) in [7, 11) is 1.82. The fraction of sp³-hybridized carbons (Fsp3) is 0.562. The Kier molecular flexibility index (Phi) is 3.76. The summed E-state index contributed by atoms with van der Waals surface area (Å²) in [6, 6.07) is 8.30. The zero-order valence-electron chi connectivity index (χ0n) is 11.9. The molecule has 0 saturated carbocycles. The first-order valence-electron chi connectivity index (χ1n) is 7.39. The number of likely N-dealkylation sites (N-methyl/N-ethyl adjacent to an activating group) is 1. The number of benzene rings is 1. The number of aliphatic hydroxyl groups excluding tert-OH is 1. The Labute approximate surface area is 119 Å². The first kappa shape index (κ1) is 13.6. The van der Waals surface area contributed by atoms with Crippen LogP contribution in [0.4, 0.5) is 0 Å². The standard InChI is InChI=1S/C16H22N2O2/c1-18(14-9-17-10-15(14)19)16(20)13-7-6-11-4-2-3-5-12(11)8-13/h2-5,13-15,17,19H,6-10H2,1H3/t13?,14-,15-/m1/s1. The molecule has 1 unspecified atom stereocenters. The highest BCUT2D eigenvalue weighted by molar-refractivity contribution is 5.79. The van der Waals surface area contributed by atoms with Crippen molar-refractivity contribution < 1.29 is 9.90 Å². The Balaban J connectivity index is 1.69. The van der Waals surface area contributed by atoms with Crippen LogP contribution in [0.3, 0.4) is 0 Å². The summed E-state index contributed by atoms with van der Waals surface area (Å²) < 4.78 is 0. The molecule has 2 aliphatic rings. The predicted molar refractivity (Wildman–Crippen MR) is 77.4 cm³/mol. The maximum Gasteiger partial charge on any atom is 0.226 e. The third-order valence-corrected chi connectivity index (χ3v) is 4.69. The molecule has 1 heterocycles. The van der Waals surface area contributed by atoms with Crippen LogP contribution in [0.15, 0.2) is 24.3 Å². The van der Waals surface area contributed by atoms with Gasteiger partial charge >= 0.3 is 0 Å². The molecular weight excluding hydrogens is 252 g/mol. The van der Waals surface area contributed by atoms with Crippen molar-refractivity contribution in [3.05, 3.63) is 35.4 Å². The van der Waals surface area contributed by atoms with Gasteiger partial charge in [0.05, 0.1) is 12.1 Å². The lowest BCUT2D eigenvalue weighted by atomic mass is 9.83. The predicted octanol–water partition coefficient (Wildman–Crippen LogP) is 0.583. The third kappa shape index (κ3) is 2.45. The van der Waals surface area contributed by atoms with Crippen LogP contribution in [0.25, 0.3) is 0 Å². The van der Waals surface area contributed by atoms with E-state index in [4.69, 9.17) is 0 Å². The molecular formula is C16H22N2O2. The molecule has 3 rings (SSSR count). The smallest absolute Gasteiger partial charge is 0.226 e. The largest absolute Gasteiger partial charge is 0.390 e. The molecule has 0 radical (unpaired) electrons. The van der Waals surface area contributed by atoms with Crippen molar-refractivity contribution in [1.82, 2.24) is 10.2 Å². The Hall–Kier alpha value is -1.39. The van der Waals surface area contributed by atoms with Gasteiger partial charge in [0, 0.05) is 26.1 Å². The normalized spacial score (nSPS) is 29.0. The number of carbonyl (C=O) groups excluding carboxylic acids is 1. The van der Waals surface area contributed by atoms with E-state index in [0.717, 1.165) is 19.3 Å². The van der Waals surface area contributed by atoms with Crippen LogP contribution in [0.2, 0.25) is 0 Å². The highest BCUT2D eigenvalue weighted by Crippen LogP contribution is 2.27. The fourth-order valence-corrected chi connectivity index (χ4v) is 3.41. The van der Waals surface area contributed by atoms with E-state index < -0.39 is 6.10 Å². The third-order valence-electron chi connectivity index (χ3n) is 4.69. The summed E-state index contributed by atoms with van der Waals surface area (Å²) in [5, 5.41) is 13.0. The molecule has 0 aromatic heterocycles. The van der Waals surface area contributed by atoms with Crippen LogP contribution in [0, 0.1) is 5.92 Å². The molecule has 0 spiro atoms. The number of carbonyl (C=O) groups is 1. The molecule has 0 bridgehead atoms. The lowest BCUT2D eigenvalue weighted by Gasteiger charge is -2.32. The minimum absolute atomic E-state index is 0.0581. The number of nitrogens with one attached hydrogen (secondary N) is 1. The average molecular weight is 274 g/mol. The quantitative estimate of drug-likeness (QED) is 0.829. The second-order valence-electron chi connectivity index (χ2n) is 5.95. The van der Waals surface area contributed by atoms with Crippen LogP contribution >= 0.6 is 0 Å². The van der Waals surface area contributed by atoms with Crippen molar-refractivity contribution in [2.75, 3.05) is 20.1 Å². The molecule has 1 aromatic rings. The number of hydrogen-bond donors (Lipinski definition) is 2. The second-order valence-corrected chi connectivity index (χ2v) is 5.95. The monoisotopic (exact) mass is 274 g/mol. The summed E-state index contributed by atoms with van der Waals surface area (Å²) in [5.74, 6) is 0.231. The molecule has 108 valence electrons. The Bertz CT molecular complexity index is 503. The van der Waals surface area contributed by atoms with E-state index in [2.05, 4.69) is 23.5 Å². The van der Waals surface area contributed by atoms with Crippen molar-refractivity contribution in [3.8, 4) is 0 Å². The second kappa shape index (κ2) is 5.54. The van der Waals surface area contributed by atoms with Crippen molar-refractivity contribution in [1.29, 1.82) is 0 Å². The number of nitrogens with zero attached hydrogens (tertiary/aromatic N) is 1. The van der Waals surface area contributed by atoms with Gasteiger partial charge in [0.1, 0.15) is 0 Å². The van der Waals surface area contributed by atoms with E-state index in [1.165, 1.54) is 11.1 Å². The molecule has 3 atom stereocenters. The Morgan fingerprint density at radius 3 is 2.75 bits per heavy atom. The molecule has 1 fully saturated rings. The summed E-state index contributed by atoms with van der Waals surface area (Å²) in [6.07, 6.45) is 2.28. The molecule has 1 aliphatic heterocycles. The van der Waals surface area contributed by atoms with Crippen molar-refractivity contribution in [2.24, 2.45) is 5.92 Å². The topological polar surface area (TPSA) is 52.6 Å².